The second kappa shape index (κ2) is 6.28. The number of nitrogens with zero attached hydrogens (tertiary/aromatic N) is 2. The van der Waals surface area contributed by atoms with Crippen molar-refractivity contribution < 1.29 is 19.4 Å². The van der Waals surface area contributed by atoms with Crippen LogP contribution in [0.1, 0.15) is 34.8 Å². The van der Waals surface area contributed by atoms with E-state index in [1.165, 1.54) is 4.90 Å². The van der Waals surface area contributed by atoms with Gasteiger partial charge < -0.3 is 14.7 Å². The molecule has 0 bridgehead atoms. The number of pyridine rings is 1. The third-order valence-electron chi connectivity index (χ3n) is 4.65. The summed E-state index contributed by atoms with van der Waals surface area (Å²) in [6.07, 6.45) is 1.17. The number of aromatic nitrogens is 1. The smallest absolute Gasteiger partial charge is 0.334 e. The van der Waals surface area contributed by atoms with Crippen LogP contribution >= 0.6 is 11.6 Å². The number of carbonyl (C=O) groups excluding carboxylic acids is 1. The molecule has 1 N–H and O–H groups in total. The van der Waals surface area contributed by atoms with Gasteiger partial charge in [0.15, 0.2) is 6.10 Å². The maximum absolute atomic E-state index is 13.1. The minimum atomic E-state index is -1.06. The lowest BCUT2D eigenvalue weighted by atomic mass is 10.0. The number of halogens is 1. The molecule has 2 aliphatic rings. The van der Waals surface area contributed by atoms with Crippen molar-refractivity contribution >= 4 is 34.4 Å². The fourth-order valence-electron chi connectivity index (χ4n) is 3.14. The molecule has 1 atom stereocenters. The molecule has 0 radical (unpaired) electrons. The van der Waals surface area contributed by atoms with E-state index in [1.807, 2.05) is 12.1 Å². The molecule has 2 fully saturated rings. The number of ether oxygens (including phenoxy) is 1. The highest BCUT2D eigenvalue weighted by Crippen LogP contribution is 2.40. The van der Waals surface area contributed by atoms with Gasteiger partial charge in [0.25, 0.3) is 5.91 Å². The van der Waals surface area contributed by atoms with Gasteiger partial charge in [-0.25, -0.2) is 4.79 Å². The molecule has 1 aliphatic heterocycles. The van der Waals surface area contributed by atoms with Crippen LogP contribution in [0.3, 0.4) is 0 Å². The molecule has 1 saturated carbocycles. The number of carboxylic acids is 1. The maximum Gasteiger partial charge on any atom is 0.334 e. The predicted octanol–water partition coefficient (Wildman–Crippen LogP) is 2.69. The number of carbonyl (C=O) groups is 2. The Hall–Kier alpha value is -2.18. The zero-order valence-electron chi connectivity index (χ0n) is 13.4. The van der Waals surface area contributed by atoms with E-state index in [4.69, 9.17) is 21.4 Å². The molecule has 2 aromatic rings. The first-order valence-electron chi connectivity index (χ1n) is 8.27. The average molecular weight is 361 g/mol. The van der Waals surface area contributed by atoms with Crippen molar-refractivity contribution in [2.75, 3.05) is 19.7 Å². The lowest BCUT2D eigenvalue weighted by molar-refractivity contribution is -0.154. The van der Waals surface area contributed by atoms with E-state index in [0.717, 1.165) is 24.1 Å². The molecule has 6 nitrogen and oxygen atoms in total. The second-order valence-corrected chi connectivity index (χ2v) is 6.92. The van der Waals surface area contributed by atoms with Crippen molar-refractivity contribution in [3.8, 4) is 0 Å². The Kier molecular flexibility index (Phi) is 4.09. The molecule has 1 aliphatic carbocycles. The van der Waals surface area contributed by atoms with E-state index < -0.39 is 12.1 Å². The highest BCUT2D eigenvalue weighted by molar-refractivity contribution is 6.31. The number of aliphatic carboxylic acids is 1. The predicted molar refractivity (Wildman–Crippen MR) is 92.0 cm³/mol. The number of carboxylic acid groups (broad SMARTS) is 1. The van der Waals surface area contributed by atoms with Crippen molar-refractivity contribution in [1.82, 2.24) is 9.88 Å². The molecule has 130 valence electrons. The van der Waals surface area contributed by atoms with Gasteiger partial charge >= 0.3 is 5.97 Å². The van der Waals surface area contributed by atoms with Gasteiger partial charge in [0.1, 0.15) is 0 Å². The Morgan fingerprint density at radius 2 is 2.08 bits per heavy atom. The van der Waals surface area contributed by atoms with Gasteiger partial charge in [-0.05, 0) is 37.1 Å². The molecule has 0 unspecified atom stereocenters. The summed E-state index contributed by atoms with van der Waals surface area (Å²) in [5.41, 5.74) is 2.18. The number of benzene rings is 1. The molecule has 4 rings (SSSR count). The Morgan fingerprint density at radius 3 is 2.80 bits per heavy atom. The number of morpholine rings is 1. The summed E-state index contributed by atoms with van der Waals surface area (Å²) < 4.78 is 5.21. The van der Waals surface area contributed by atoms with Crippen LogP contribution in [0.4, 0.5) is 0 Å². The fourth-order valence-corrected chi connectivity index (χ4v) is 3.31. The summed E-state index contributed by atoms with van der Waals surface area (Å²) >= 11 is 6.11. The molecule has 1 aromatic carbocycles. The first-order valence-corrected chi connectivity index (χ1v) is 8.64. The topological polar surface area (TPSA) is 79.7 Å². The quantitative estimate of drug-likeness (QED) is 0.910. The van der Waals surface area contributed by atoms with Crippen molar-refractivity contribution in [3.63, 3.8) is 0 Å². The van der Waals surface area contributed by atoms with E-state index in [1.54, 1.807) is 12.1 Å². The minimum Gasteiger partial charge on any atom is -0.479 e. The Bertz CT molecular complexity index is 866. The summed E-state index contributed by atoms with van der Waals surface area (Å²) in [6.45, 7) is 0.616. The number of rotatable bonds is 3. The summed E-state index contributed by atoms with van der Waals surface area (Å²) in [7, 11) is 0. The second-order valence-electron chi connectivity index (χ2n) is 6.48. The van der Waals surface area contributed by atoms with Gasteiger partial charge in [-0.15, -0.1) is 0 Å². The Morgan fingerprint density at radius 1 is 1.28 bits per heavy atom. The van der Waals surface area contributed by atoms with Crippen LogP contribution < -0.4 is 0 Å². The van der Waals surface area contributed by atoms with Crippen LogP contribution in [-0.4, -0.2) is 52.7 Å². The molecule has 1 aromatic heterocycles. The zero-order valence-corrected chi connectivity index (χ0v) is 14.2. The molecule has 7 heteroatoms. The number of fused-ring (bicyclic) bond motifs is 1. The van der Waals surface area contributed by atoms with E-state index in [2.05, 4.69) is 4.98 Å². The first kappa shape index (κ1) is 16.3. The molecule has 2 heterocycles. The lowest BCUT2D eigenvalue weighted by Crippen LogP contribution is -2.48. The number of amides is 1. The van der Waals surface area contributed by atoms with E-state index in [9.17, 15) is 9.59 Å². The van der Waals surface area contributed by atoms with Crippen LogP contribution in [0.25, 0.3) is 10.9 Å². The molecule has 25 heavy (non-hydrogen) atoms. The fraction of sp³-hybridized carbons (Fsp3) is 0.389. The molecule has 1 amide bonds. The molecule has 1 saturated heterocycles. The van der Waals surface area contributed by atoms with Crippen molar-refractivity contribution in [2.24, 2.45) is 0 Å². The summed E-state index contributed by atoms with van der Waals surface area (Å²) in [5, 5.41) is 10.4. The maximum atomic E-state index is 13.1. The SMILES string of the molecule is O=C(O)[C@@H]1CN(C(=O)c2cc(C3CC3)nc3ccc(Cl)cc23)CCO1. The van der Waals surface area contributed by atoms with Crippen molar-refractivity contribution in [3.05, 3.63) is 40.5 Å². The first-order chi connectivity index (χ1) is 12.0. The molecular weight excluding hydrogens is 344 g/mol. The normalized spacial score (nSPS) is 20.7. The van der Waals surface area contributed by atoms with E-state index >= 15 is 0 Å². The molecular formula is C18H17ClN2O4. The monoisotopic (exact) mass is 360 g/mol. The van der Waals surface area contributed by atoms with Gasteiger partial charge in [0.2, 0.25) is 0 Å². The largest absolute Gasteiger partial charge is 0.479 e. The highest BCUT2D eigenvalue weighted by Gasteiger charge is 2.32. The standard InChI is InChI=1S/C18H17ClN2O4/c19-11-3-4-14-12(7-11)13(8-15(20-14)10-1-2-10)17(22)21-5-6-25-16(9-21)18(23)24/h3-4,7-8,10,16H,1-2,5-6,9H2,(H,23,24)/t16-/m0/s1. The van der Waals surface area contributed by atoms with Crippen molar-refractivity contribution in [1.29, 1.82) is 0 Å². The highest BCUT2D eigenvalue weighted by atomic mass is 35.5. The van der Waals surface area contributed by atoms with Crippen LogP contribution in [0.5, 0.6) is 0 Å². The average Bonchev–Trinajstić information content (AvgIpc) is 3.45. The van der Waals surface area contributed by atoms with E-state index in [0.29, 0.717) is 28.4 Å². The van der Waals surface area contributed by atoms with Gasteiger partial charge in [0, 0.05) is 28.6 Å². The third kappa shape index (κ3) is 3.19. The van der Waals surface area contributed by atoms with Gasteiger partial charge in [-0.2, -0.15) is 0 Å². The summed E-state index contributed by atoms with van der Waals surface area (Å²) in [5.74, 6) is -0.854. The number of hydrogen-bond acceptors (Lipinski definition) is 4. The minimum absolute atomic E-state index is 0.0390. The van der Waals surface area contributed by atoms with Crippen LogP contribution in [0.15, 0.2) is 24.3 Å². The molecule has 0 spiro atoms. The van der Waals surface area contributed by atoms with Crippen LogP contribution in [0, 0.1) is 0 Å². The summed E-state index contributed by atoms with van der Waals surface area (Å²) in [4.78, 5) is 30.5. The third-order valence-corrected chi connectivity index (χ3v) is 4.88. The summed E-state index contributed by atoms with van der Waals surface area (Å²) in [6, 6.07) is 7.16. The zero-order chi connectivity index (χ0) is 17.6. The number of hydrogen-bond donors (Lipinski definition) is 1. The van der Waals surface area contributed by atoms with Gasteiger partial charge in [0.05, 0.1) is 24.2 Å². The Balaban J connectivity index is 1.75. The van der Waals surface area contributed by atoms with Crippen LogP contribution in [-0.2, 0) is 9.53 Å². The van der Waals surface area contributed by atoms with Crippen molar-refractivity contribution in [2.45, 2.75) is 24.9 Å². The Labute approximate surface area is 149 Å². The lowest BCUT2D eigenvalue weighted by Gasteiger charge is -2.31. The van der Waals surface area contributed by atoms with Gasteiger partial charge in [-0.1, -0.05) is 11.6 Å². The van der Waals surface area contributed by atoms with Gasteiger partial charge in [-0.3, -0.25) is 9.78 Å². The van der Waals surface area contributed by atoms with E-state index in [-0.39, 0.29) is 19.1 Å². The van der Waals surface area contributed by atoms with Crippen LogP contribution in [0.2, 0.25) is 5.02 Å².